The van der Waals surface area contributed by atoms with Gasteiger partial charge in [-0.3, -0.25) is 4.79 Å². The van der Waals surface area contributed by atoms with Crippen molar-refractivity contribution in [2.75, 3.05) is 33.8 Å². The number of carboxylic acids is 1. The van der Waals surface area contributed by atoms with E-state index in [-0.39, 0.29) is 17.6 Å². The van der Waals surface area contributed by atoms with Gasteiger partial charge in [-0.15, -0.1) is 0 Å². The molecule has 0 aromatic heterocycles. The fraction of sp³-hybridized carbons (Fsp3) is 0.385. The molecule has 32 heavy (non-hydrogen) atoms. The molecule has 0 bridgehead atoms. The van der Waals surface area contributed by atoms with Crippen LogP contribution in [0.25, 0.3) is 17.2 Å². The molecule has 1 amide bonds. The first kappa shape index (κ1) is 23.5. The van der Waals surface area contributed by atoms with Gasteiger partial charge in [0.15, 0.2) is 0 Å². The SMILES string of the molecule is CCOC(=Cc1ccc(-c2cccc(CN(C)C(=O)C3CCCN(C)C3)c2)cc1)C(=O)O. The van der Waals surface area contributed by atoms with E-state index >= 15 is 0 Å². The molecular formula is C26H32N2O4. The maximum absolute atomic E-state index is 12.9. The van der Waals surface area contributed by atoms with Gasteiger partial charge in [0.05, 0.1) is 12.5 Å². The molecule has 1 N–H and O–H groups in total. The van der Waals surface area contributed by atoms with Gasteiger partial charge in [-0.05, 0) is 67.8 Å². The van der Waals surface area contributed by atoms with Crippen LogP contribution in [0.1, 0.15) is 30.9 Å². The third kappa shape index (κ3) is 6.20. The van der Waals surface area contributed by atoms with Gasteiger partial charge in [0.2, 0.25) is 11.7 Å². The molecule has 2 aromatic carbocycles. The Hall–Kier alpha value is -3.12. The fourth-order valence-electron chi connectivity index (χ4n) is 4.12. The molecule has 3 rings (SSSR count). The monoisotopic (exact) mass is 436 g/mol. The number of carbonyl (C=O) groups excluding carboxylic acids is 1. The summed E-state index contributed by atoms with van der Waals surface area (Å²) in [7, 11) is 3.95. The van der Waals surface area contributed by atoms with Gasteiger partial charge in [-0.25, -0.2) is 4.79 Å². The molecule has 1 fully saturated rings. The summed E-state index contributed by atoms with van der Waals surface area (Å²) in [6, 6.07) is 15.9. The minimum absolute atomic E-state index is 0.0703. The highest BCUT2D eigenvalue weighted by Gasteiger charge is 2.26. The van der Waals surface area contributed by atoms with Crippen molar-refractivity contribution in [3.8, 4) is 11.1 Å². The van der Waals surface area contributed by atoms with E-state index in [0.29, 0.717) is 13.2 Å². The van der Waals surface area contributed by atoms with Gasteiger partial charge in [0.25, 0.3) is 0 Å². The van der Waals surface area contributed by atoms with Crippen molar-refractivity contribution in [2.45, 2.75) is 26.3 Å². The Balaban J connectivity index is 1.69. The summed E-state index contributed by atoms with van der Waals surface area (Å²) in [6.45, 7) is 4.52. The molecule has 0 saturated carbocycles. The largest absolute Gasteiger partial charge is 0.487 e. The number of ether oxygens (including phenoxy) is 1. The van der Waals surface area contributed by atoms with Crippen LogP contribution in [0.2, 0.25) is 0 Å². The zero-order valence-electron chi connectivity index (χ0n) is 19.1. The van der Waals surface area contributed by atoms with Crippen LogP contribution in [-0.4, -0.2) is 60.6 Å². The molecule has 2 aromatic rings. The lowest BCUT2D eigenvalue weighted by molar-refractivity contribution is -0.137. The molecule has 0 radical (unpaired) electrons. The van der Waals surface area contributed by atoms with Crippen LogP contribution < -0.4 is 0 Å². The number of hydrogen-bond donors (Lipinski definition) is 1. The predicted octanol–water partition coefficient (Wildman–Crippen LogP) is 4.12. The Kier molecular flexibility index (Phi) is 8.06. The van der Waals surface area contributed by atoms with E-state index in [1.165, 1.54) is 6.08 Å². The summed E-state index contributed by atoms with van der Waals surface area (Å²) >= 11 is 0. The molecule has 170 valence electrons. The van der Waals surface area contributed by atoms with Crippen LogP contribution in [0, 0.1) is 5.92 Å². The first-order valence-electron chi connectivity index (χ1n) is 11.1. The summed E-state index contributed by atoms with van der Waals surface area (Å²) in [5.41, 5.74) is 3.93. The van der Waals surface area contributed by atoms with E-state index in [9.17, 15) is 14.7 Å². The molecule has 6 heteroatoms. The van der Waals surface area contributed by atoms with Crippen molar-refractivity contribution in [1.29, 1.82) is 0 Å². The topological polar surface area (TPSA) is 70.1 Å². The summed E-state index contributed by atoms with van der Waals surface area (Å²) in [6.07, 6.45) is 3.55. The van der Waals surface area contributed by atoms with Crippen LogP contribution in [0.4, 0.5) is 0 Å². The van der Waals surface area contributed by atoms with Crippen molar-refractivity contribution in [3.63, 3.8) is 0 Å². The summed E-state index contributed by atoms with van der Waals surface area (Å²) in [5, 5.41) is 9.21. The van der Waals surface area contributed by atoms with E-state index in [4.69, 9.17) is 4.74 Å². The molecule has 1 heterocycles. The zero-order chi connectivity index (χ0) is 23.1. The zero-order valence-corrected chi connectivity index (χ0v) is 19.1. The Labute approximate surface area is 190 Å². The summed E-state index contributed by atoms with van der Waals surface area (Å²) in [5.74, 6) is -0.863. The number of rotatable bonds is 8. The summed E-state index contributed by atoms with van der Waals surface area (Å²) in [4.78, 5) is 28.2. The minimum Gasteiger partial charge on any atom is -0.487 e. The smallest absolute Gasteiger partial charge is 0.371 e. The molecule has 1 aliphatic heterocycles. The number of aliphatic carboxylic acids is 1. The van der Waals surface area contributed by atoms with Crippen molar-refractivity contribution in [3.05, 3.63) is 65.4 Å². The van der Waals surface area contributed by atoms with E-state index in [1.54, 1.807) is 6.92 Å². The van der Waals surface area contributed by atoms with Gasteiger partial charge < -0.3 is 19.6 Å². The number of benzene rings is 2. The highest BCUT2D eigenvalue weighted by molar-refractivity contribution is 5.90. The Morgan fingerprint density at radius 2 is 1.94 bits per heavy atom. The van der Waals surface area contributed by atoms with Crippen LogP contribution in [0.5, 0.6) is 0 Å². The molecule has 0 spiro atoms. The third-order valence-corrected chi connectivity index (χ3v) is 5.75. The van der Waals surface area contributed by atoms with Gasteiger partial charge in [0, 0.05) is 20.1 Å². The predicted molar refractivity (Wildman–Crippen MR) is 126 cm³/mol. The lowest BCUT2D eigenvalue weighted by Gasteiger charge is -2.31. The highest BCUT2D eigenvalue weighted by atomic mass is 16.5. The second kappa shape index (κ2) is 11.0. The van der Waals surface area contributed by atoms with Crippen molar-refractivity contribution in [2.24, 2.45) is 5.92 Å². The number of carboxylic acid groups (broad SMARTS) is 1. The average Bonchev–Trinajstić information content (AvgIpc) is 2.79. The molecular weight excluding hydrogens is 404 g/mol. The average molecular weight is 437 g/mol. The molecule has 1 aliphatic rings. The van der Waals surface area contributed by atoms with Gasteiger partial charge >= 0.3 is 5.97 Å². The summed E-state index contributed by atoms with van der Waals surface area (Å²) < 4.78 is 5.17. The Morgan fingerprint density at radius 1 is 1.19 bits per heavy atom. The number of nitrogens with zero attached hydrogens (tertiary/aromatic N) is 2. The Bertz CT molecular complexity index is 968. The van der Waals surface area contributed by atoms with Crippen LogP contribution in [0.3, 0.4) is 0 Å². The van der Waals surface area contributed by atoms with Gasteiger partial charge in [-0.1, -0.05) is 42.5 Å². The molecule has 6 nitrogen and oxygen atoms in total. The molecule has 0 aliphatic carbocycles. The van der Waals surface area contributed by atoms with E-state index in [1.807, 2.05) is 54.4 Å². The van der Waals surface area contributed by atoms with Crippen LogP contribution in [0.15, 0.2) is 54.3 Å². The molecule has 1 atom stereocenters. The normalized spacial score (nSPS) is 17.1. The van der Waals surface area contributed by atoms with Crippen LogP contribution in [-0.2, 0) is 20.9 Å². The first-order valence-corrected chi connectivity index (χ1v) is 11.1. The lowest BCUT2D eigenvalue weighted by Crippen LogP contribution is -2.41. The number of piperidine rings is 1. The quantitative estimate of drug-likeness (QED) is 0.498. The third-order valence-electron chi connectivity index (χ3n) is 5.75. The highest BCUT2D eigenvalue weighted by Crippen LogP contribution is 2.23. The minimum atomic E-state index is -1.08. The van der Waals surface area contributed by atoms with E-state index in [0.717, 1.165) is 48.2 Å². The fourth-order valence-corrected chi connectivity index (χ4v) is 4.12. The van der Waals surface area contributed by atoms with E-state index < -0.39 is 5.97 Å². The number of amides is 1. The Morgan fingerprint density at radius 3 is 2.59 bits per heavy atom. The van der Waals surface area contributed by atoms with Crippen molar-refractivity contribution in [1.82, 2.24) is 9.80 Å². The van der Waals surface area contributed by atoms with Crippen molar-refractivity contribution >= 4 is 18.0 Å². The van der Waals surface area contributed by atoms with Gasteiger partial charge in [0.1, 0.15) is 0 Å². The lowest BCUT2D eigenvalue weighted by atomic mass is 9.96. The number of hydrogen-bond acceptors (Lipinski definition) is 4. The molecule has 1 unspecified atom stereocenters. The maximum atomic E-state index is 12.9. The first-order chi connectivity index (χ1) is 15.4. The molecule has 1 saturated heterocycles. The maximum Gasteiger partial charge on any atom is 0.371 e. The van der Waals surface area contributed by atoms with Gasteiger partial charge in [-0.2, -0.15) is 0 Å². The second-order valence-electron chi connectivity index (χ2n) is 8.36. The van der Waals surface area contributed by atoms with E-state index in [2.05, 4.69) is 18.0 Å². The number of carbonyl (C=O) groups is 2. The van der Waals surface area contributed by atoms with Crippen molar-refractivity contribution < 1.29 is 19.4 Å². The van der Waals surface area contributed by atoms with Crippen LogP contribution >= 0.6 is 0 Å². The number of likely N-dealkylation sites (tertiary alicyclic amines) is 1. The second-order valence-corrected chi connectivity index (χ2v) is 8.36. The standard InChI is InChI=1S/C26H32N2O4/c1-4-32-24(26(30)31)16-19-10-12-21(13-11-19)22-8-5-7-20(15-22)17-28(3)25(29)23-9-6-14-27(2)18-23/h5,7-8,10-13,15-16,23H,4,6,9,14,17-18H2,1-3H3,(H,30,31).